The largest absolute Gasteiger partial charge is 0.488 e. The summed E-state index contributed by atoms with van der Waals surface area (Å²) in [5, 5.41) is 7.78. The van der Waals surface area contributed by atoms with Crippen LogP contribution in [0.25, 0.3) is 0 Å². The summed E-state index contributed by atoms with van der Waals surface area (Å²) >= 11 is 1.32. The van der Waals surface area contributed by atoms with Gasteiger partial charge in [0.2, 0.25) is 0 Å². The maximum absolute atomic E-state index is 12.8. The van der Waals surface area contributed by atoms with Gasteiger partial charge in [-0.25, -0.2) is 4.98 Å². The fraction of sp³-hybridized carbons (Fsp3) is 0.292. The van der Waals surface area contributed by atoms with Crippen LogP contribution in [0.4, 0.5) is 5.13 Å². The summed E-state index contributed by atoms with van der Waals surface area (Å²) in [5.41, 5.74) is 0.775. The van der Waals surface area contributed by atoms with Crippen molar-refractivity contribution in [3.8, 4) is 17.2 Å². The van der Waals surface area contributed by atoms with Crippen LogP contribution in [-0.4, -0.2) is 56.9 Å². The van der Waals surface area contributed by atoms with Crippen LogP contribution in [0.1, 0.15) is 27.6 Å². The number of ether oxygens (including phenoxy) is 4. The lowest BCUT2D eigenvalue weighted by Gasteiger charge is -2.16. The van der Waals surface area contributed by atoms with E-state index in [2.05, 4.69) is 15.6 Å². The second-order valence-corrected chi connectivity index (χ2v) is 8.14. The van der Waals surface area contributed by atoms with E-state index in [4.69, 9.17) is 18.9 Å². The molecule has 1 heterocycles. The fourth-order valence-electron chi connectivity index (χ4n) is 2.99. The van der Waals surface area contributed by atoms with Crippen LogP contribution in [0.2, 0.25) is 0 Å². The molecule has 3 rings (SSSR count). The third-order valence-corrected chi connectivity index (χ3v) is 5.15. The molecule has 0 aliphatic carbocycles. The Labute approximate surface area is 202 Å². The third-order valence-electron chi connectivity index (χ3n) is 4.46. The van der Waals surface area contributed by atoms with E-state index >= 15 is 0 Å². The number of methoxy groups -OCH3 is 2. The van der Waals surface area contributed by atoms with Crippen molar-refractivity contribution in [3.05, 3.63) is 65.2 Å². The number of benzene rings is 2. The molecule has 34 heavy (non-hydrogen) atoms. The van der Waals surface area contributed by atoms with Crippen molar-refractivity contribution in [1.29, 1.82) is 0 Å². The summed E-state index contributed by atoms with van der Waals surface area (Å²) < 4.78 is 22.0. The van der Waals surface area contributed by atoms with Gasteiger partial charge in [-0.2, -0.15) is 0 Å². The Morgan fingerprint density at radius 3 is 2.53 bits per heavy atom. The summed E-state index contributed by atoms with van der Waals surface area (Å²) in [4.78, 5) is 29.2. The average Bonchev–Trinajstić information content (AvgIpc) is 3.32. The Hall–Kier alpha value is -3.47. The highest BCUT2D eigenvalue weighted by atomic mass is 32.1. The molecule has 0 radical (unpaired) electrons. The minimum absolute atomic E-state index is 0.239. The lowest BCUT2D eigenvalue weighted by Crippen LogP contribution is -2.26. The van der Waals surface area contributed by atoms with Crippen LogP contribution >= 0.6 is 11.3 Å². The first kappa shape index (κ1) is 25.2. The van der Waals surface area contributed by atoms with E-state index in [1.807, 2.05) is 6.92 Å². The zero-order valence-corrected chi connectivity index (χ0v) is 20.0. The second-order valence-electron chi connectivity index (χ2n) is 7.25. The zero-order chi connectivity index (χ0) is 24.3. The molecule has 0 spiro atoms. The molecule has 3 aromatic rings. The molecule has 180 valence electrons. The van der Waals surface area contributed by atoms with E-state index < -0.39 is 0 Å². The van der Waals surface area contributed by atoms with Crippen molar-refractivity contribution >= 4 is 28.3 Å². The summed E-state index contributed by atoms with van der Waals surface area (Å²) in [6.07, 6.45) is 1.37. The Kier molecular flexibility index (Phi) is 9.39. The van der Waals surface area contributed by atoms with E-state index in [1.54, 1.807) is 68.3 Å². The number of hydrogen-bond acceptors (Lipinski definition) is 8. The molecule has 2 N–H and O–H groups in total. The van der Waals surface area contributed by atoms with Crippen LogP contribution in [0.5, 0.6) is 17.2 Å². The quantitative estimate of drug-likeness (QED) is 0.374. The van der Waals surface area contributed by atoms with E-state index in [-0.39, 0.29) is 17.9 Å². The van der Waals surface area contributed by atoms with Gasteiger partial charge in [-0.05, 0) is 37.3 Å². The van der Waals surface area contributed by atoms with Crippen molar-refractivity contribution in [1.82, 2.24) is 10.3 Å². The van der Waals surface area contributed by atoms with Gasteiger partial charge in [0.05, 0.1) is 13.2 Å². The van der Waals surface area contributed by atoms with Gasteiger partial charge in [0.1, 0.15) is 23.4 Å². The van der Waals surface area contributed by atoms with Gasteiger partial charge in [0, 0.05) is 49.5 Å². The maximum atomic E-state index is 12.8. The maximum Gasteiger partial charge on any atom is 0.257 e. The summed E-state index contributed by atoms with van der Waals surface area (Å²) in [6, 6.07) is 11.7. The molecule has 0 fully saturated rings. The van der Waals surface area contributed by atoms with Crippen molar-refractivity contribution in [2.45, 2.75) is 13.0 Å². The topological polar surface area (TPSA) is 108 Å². The second kappa shape index (κ2) is 12.7. The number of amides is 2. The first-order valence-electron chi connectivity index (χ1n) is 10.5. The molecule has 1 atom stereocenters. The lowest BCUT2D eigenvalue weighted by molar-refractivity contribution is 0.0915. The number of anilines is 1. The minimum atomic E-state index is -0.351. The Morgan fingerprint density at radius 2 is 1.79 bits per heavy atom. The third kappa shape index (κ3) is 7.55. The molecule has 10 heteroatoms. The van der Waals surface area contributed by atoms with Gasteiger partial charge in [-0.15, -0.1) is 11.3 Å². The highest BCUT2D eigenvalue weighted by Gasteiger charge is 2.15. The minimum Gasteiger partial charge on any atom is -0.488 e. The fourth-order valence-corrected chi connectivity index (χ4v) is 3.51. The van der Waals surface area contributed by atoms with Gasteiger partial charge in [0.25, 0.3) is 11.8 Å². The Bertz CT molecular complexity index is 1090. The average molecular weight is 486 g/mol. The number of rotatable bonds is 12. The first-order valence-corrected chi connectivity index (χ1v) is 11.4. The number of carbonyl (C=O) groups excluding carboxylic acids is 2. The number of aromatic nitrogens is 1. The number of nitrogens with zero attached hydrogens (tertiary/aromatic N) is 1. The molecule has 0 saturated carbocycles. The lowest BCUT2D eigenvalue weighted by atomic mass is 10.1. The van der Waals surface area contributed by atoms with Crippen LogP contribution in [0, 0.1) is 0 Å². The zero-order valence-electron chi connectivity index (χ0n) is 19.2. The molecule has 0 aliphatic rings. The molecule has 0 saturated heterocycles. The molecular weight excluding hydrogens is 458 g/mol. The molecule has 1 unspecified atom stereocenters. The normalized spacial score (nSPS) is 11.5. The number of thiazole rings is 1. The van der Waals surface area contributed by atoms with Crippen molar-refractivity contribution in [3.63, 3.8) is 0 Å². The molecule has 0 aliphatic heterocycles. The molecular formula is C24H27N3O6S. The van der Waals surface area contributed by atoms with E-state index in [1.165, 1.54) is 11.3 Å². The van der Waals surface area contributed by atoms with Crippen molar-refractivity contribution in [2.24, 2.45) is 0 Å². The van der Waals surface area contributed by atoms with Crippen LogP contribution in [0.3, 0.4) is 0 Å². The first-order chi connectivity index (χ1) is 16.5. The Balaban J connectivity index is 1.82. The van der Waals surface area contributed by atoms with Gasteiger partial charge in [-0.1, -0.05) is 6.07 Å². The van der Waals surface area contributed by atoms with Crippen LogP contribution < -0.4 is 20.1 Å². The molecule has 1 aromatic heterocycles. The number of carbonyl (C=O) groups is 2. The number of nitrogens with one attached hydrogen (secondary N) is 2. The van der Waals surface area contributed by atoms with E-state index in [9.17, 15) is 9.59 Å². The smallest absolute Gasteiger partial charge is 0.257 e. The van der Waals surface area contributed by atoms with E-state index in [0.717, 1.165) is 0 Å². The van der Waals surface area contributed by atoms with Gasteiger partial charge in [0.15, 0.2) is 5.13 Å². The Morgan fingerprint density at radius 1 is 1.00 bits per heavy atom. The van der Waals surface area contributed by atoms with Gasteiger partial charge in [-0.3, -0.25) is 14.9 Å². The summed E-state index contributed by atoms with van der Waals surface area (Å²) in [6.45, 7) is 3.06. The standard InChI is InChI=1S/C24H27N3O6S/c1-16(15-31-3)32-20-12-18(23(29)27-24-26-8-10-34-24)13-21(14-20)33-19-6-4-5-17(11-19)22(28)25-7-9-30-2/h4-6,8,10-14,16H,7,9,15H2,1-3H3,(H,25,28)(H,26,27,29). The molecule has 9 nitrogen and oxygen atoms in total. The van der Waals surface area contributed by atoms with Crippen molar-refractivity contribution < 1.29 is 28.5 Å². The summed E-state index contributed by atoms with van der Waals surface area (Å²) in [7, 11) is 3.16. The predicted octanol–water partition coefficient (Wildman–Crippen LogP) is 3.98. The predicted molar refractivity (Wildman–Crippen MR) is 129 cm³/mol. The van der Waals surface area contributed by atoms with E-state index in [0.29, 0.717) is 53.3 Å². The highest BCUT2D eigenvalue weighted by Crippen LogP contribution is 2.29. The van der Waals surface area contributed by atoms with Gasteiger partial charge < -0.3 is 24.3 Å². The molecule has 0 bridgehead atoms. The SMILES string of the molecule is COCCNC(=O)c1cccc(Oc2cc(OC(C)COC)cc(C(=O)Nc3nccs3)c2)c1. The van der Waals surface area contributed by atoms with Crippen LogP contribution in [-0.2, 0) is 9.47 Å². The monoisotopic (exact) mass is 485 g/mol. The van der Waals surface area contributed by atoms with Crippen LogP contribution in [0.15, 0.2) is 54.0 Å². The summed E-state index contributed by atoms with van der Waals surface area (Å²) in [5.74, 6) is 0.670. The van der Waals surface area contributed by atoms with Gasteiger partial charge >= 0.3 is 0 Å². The number of hydrogen-bond donors (Lipinski definition) is 2. The molecule has 2 aromatic carbocycles. The highest BCUT2D eigenvalue weighted by molar-refractivity contribution is 7.13. The van der Waals surface area contributed by atoms with Crippen molar-refractivity contribution in [2.75, 3.05) is 39.3 Å². The molecule has 2 amide bonds.